The van der Waals surface area contributed by atoms with Crippen LogP contribution < -0.4 is 0 Å². The Balaban J connectivity index is 3.64. The molecule has 4 nitrogen and oxygen atoms in total. The minimum atomic E-state index is -0.491. The summed E-state index contributed by atoms with van der Waals surface area (Å²) in [5.74, 6) is -0.252. The maximum Gasteiger partial charge on any atom is 0.331 e. The van der Waals surface area contributed by atoms with Crippen LogP contribution in [-0.4, -0.2) is 30.5 Å². The minimum Gasteiger partial charge on any atom is -0.463 e. The molecule has 0 rings (SSSR count). The quantitative estimate of drug-likeness (QED) is 0.153. The number of halogens is 1. The van der Waals surface area contributed by atoms with Crippen LogP contribution in [0, 0.1) is 0 Å². The first-order valence-corrected chi connectivity index (χ1v) is 10.2. The fraction of sp³-hybridized carbons (Fsp3) is 0.800. The first kappa shape index (κ1) is 24.0. The van der Waals surface area contributed by atoms with Gasteiger partial charge in [-0.15, -0.1) is 11.6 Å². The van der Waals surface area contributed by atoms with Crippen molar-refractivity contribution < 1.29 is 19.1 Å². The normalized spacial score (nSPS) is 12.3. The molecule has 1 unspecified atom stereocenters. The molecule has 0 aliphatic rings. The van der Waals surface area contributed by atoms with E-state index in [2.05, 4.69) is 6.92 Å². The Hall–Kier alpha value is -1.03. The summed E-state index contributed by atoms with van der Waals surface area (Å²) in [6, 6.07) is 0. The highest BCUT2D eigenvalue weighted by atomic mass is 35.5. The van der Waals surface area contributed by atoms with Gasteiger partial charge in [0.1, 0.15) is 0 Å². The number of carbonyl (C=O) groups is 2. The van der Waals surface area contributed by atoms with Gasteiger partial charge in [0.15, 0.2) is 0 Å². The van der Waals surface area contributed by atoms with Crippen molar-refractivity contribution in [3.8, 4) is 0 Å². The molecule has 0 fully saturated rings. The Morgan fingerprint density at radius 3 is 2.16 bits per heavy atom. The lowest BCUT2D eigenvalue weighted by molar-refractivity contribution is -0.143. The number of unbranched alkanes of at least 4 members (excludes halogenated alkanes) is 8. The van der Waals surface area contributed by atoms with Gasteiger partial charge in [-0.3, -0.25) is 0 Å². The zero-order valence-corrected chi connectivity index (χ0v) is 16.7. The van der Waals surface area contributed by atoms with Crippen molar-refractivity contribution in [1.82, 2.24) is 0 Å². The van der Waals surface area contributed by atoms with Crippen LogP contribution in [0.3, 0.4) is 0 Å². The summed E-state index contributed by atoms with van der Waals surface area (Å²) in [4.78, 5) is 23.1. The maximum atomic E-state index is 11.6. The molecule has 0 aliphatic heterocycles. The van der Waals surface area contributed by atoms with Gasteiger partial charge in [0.05, 0.1) is 12.7 Å². The van der Waals surface area contributed by atoms with Gasteiger partial charge in [0.2, 0.25) is 0 Å². The van der Waals surface area contributed by atoms with Crippen molar-refractivity contribution in [3.63, 3.8) is 0 Å². The second kappa shape index (κ2) is 17.8. The third kappa shape index (κ3) is 17.6. The maximum absolute atomic E-state index is 11.6. The van der Waals surface area contributed by atoms with Gasteiger partial charge in [-0.05, 0) is 32.6 Å². The van der Waals surface area contributed by atoms with E-state index in [1.807, 2.05) is 6.92 Å². The van der Waals surface area contributed by atoms with Crippen molar-refractivity contribution >= 4 is 23.5 Å². The molecule has 0 aliphatic carbocycles. The van der Waals surface area contributed by atoms with E-state index in [9.17, 15) is 9.59 Å². The van der Waals surface area contributed by atoms with Gasteiger partial charge in [0, 0.05) is 18.0 Å². The number of esters is 2. The lowest BCUT2D eigenvalue weighted by Gasteiger charge is -2.11. The first-order chi connectivity index (χ1) is 12.1. The minimum absolute atomic E-state index is 0.121. The Labute approximate surface area is 158 Å². The van der Waals surface area contributed by atoms with E-state index in [0.29, 0.717) is 6.61 Å². The van der Waals surface area contributed by atoms with Crippen LogP contribution >= 0.6 is 11.6 Å². The summed E-state index contributed by atoms with van der Waals surface area (Å²) >= 11 is 5.62. The van der Waals surface area contributed by atoms with Crippen LogP contribution in [-0.2, 0) is 19.1 Å². The number of carbonyl (C=O) groups excluding carboxylic acids is 2. The molecule has 1 atom stereocenters. The lowest BCUT2D eigenvalue weighted by Crippen LogP contribution is -2.13. The second-order valence-electron chi connectivity index (χ2n) is 6.41. The first-order valence-electron chi connectivity index (χ1n) is 9.71. The standard InChI is InChI=1S/C20H35ClO4/c1-3-4-5-10-13-18(2)25-20(23)15-14-19(22)24-17-12-9-7-6-8-11-16-21/h14-15,18H,3-13,16-17H2,1-2H3/b15-14+. The molecule has 0 bridgehead atoms. The molecule has 25 heavy (non-hydrogen) atoms. The monoisotopic (exact) mass is 374 g/mol. The van der Waals surface area contributed by atoms with Crippen molar-refractivity contribution in [2.75, 3.05) is 12.5 Å². The average molecular weight is 375 g/mol. The number of hydrogen-bond donors (Lipinski definition) is 0. The van der Waals surface area contributed by atoms with Gasteiger partial charge in [-0.1, -0.05) is 51.9 Å². The average Bonchev–Trinajstić information content (AvgIpc) is 2.59. The van der Waals surface area contributed by atoms with E-state index in [1.165, 1.54) is 19.3 Å². The lowest BCUT2D eigenvalue weighted by atomic mass is 10.1. The molecule has 0 radical (unpaired) electrons. The van der Waals surface area contributed by atoms with Crippen LogP contribution in [0.2, 0.25) is 0 Å². The second-order valence-corrected chi connectivity index (χ2v) is 6.79. The zero-order chi connectivity index (χ0) is 18.8. The number of rotatable bonds is 16. The van der Waals surface area contributed by atoms with E-state index >= 15 is 0 Å². The Bertz CT molecular complexity index is 369. The third-order valence-electron chi connectivity index (χ3n) is 3.91. The highest BCUT2D eigenvalue weighted by Gasteiger charge is 2.07. The molecule has 146 valence electrons. The van der Waals surface area contributed by atoms with E-state index < -0.39 is 11.9 Å². The van der Waals surface area contributed by atoms with Crippen LogP contribution in [0.25, 0.3) is 0 Å². The molecule has 0 saturated heterocycles. The highest BCUT2D eigenvalue weighted by molar-refractivity contribution is 6.17. The van der Waals surface area contributed by atoms with Crippen LogP contribution in [0.15, 0.2) is 12.2 Å². The summed E-state index contributed by atoms with van der Waals surface area (Å²) in [5, 5.41) is 0. The number of ether oxygens (including phenoxy) is 2. The molecule has 0 N–H and O–H groups in total. The SMILES string of the molecule is CCCCCCC(C)OC(=O)/C=C/C(=O)OCCCCCCCCCl. The molecule has 0 heterocycles. The van der Waals surface area contributed by atoms with E-state index in [0.717, 1.165) is 69.4 Å². The molecule has 0 amide bonds. The van der Waals surface area contributed by atoms with E-state index in [-0.39, 0.29) is 6.10 Å². The number of hydrogen-bond acceptors (Lipinski definition) is 4. The number of alkyl halides is 1. The Morgan fingerprint density at radius 2 is 1.48 bits per heavy atom. The Morgan fingerprint density at radius 1 is 0.880 bits per heavy atom. The molecular weight excluding hydrogens is 340 g/mol. The van der Waals surface area contributed by atoms with Gasteiger partial charge >= 0.3 is 11.9 Å². The fourth-order valence-electron chi connectivity index (χ4n) is 2.42. The van der Waals surface area contributed by atoms with E-state index in [1.54, 1.807) is 0 Å². The van der Waals surface area contributed by atoms with Gasteiger partial charge < -0.3 is 9.47 Å². The predicted octanol–water partition coefficient (Wildman–Crippen LogP) is 5.57. The van der Waals surface area contributed by atoms with Crippen LogP contribution in [0.4, 0.5) is 0 Å². The smallest absolute Gasteiger partial charge is 0.331 e. The van der Waals surface area contributed by atoms with Gasteiger partial charge in [-0.25, -0.2) is 9.59 Å². The molecule has 0 aromatic carbocycles. The highest BCUT2D eigenvalue weighted by Crippen LogP contribution is 2.08. The Kier molecular flexibility index (Phi) is 17.0. The van der Waals surface area contributed by atoms with Gasteiger partial charge in [-0.2, -0.15) is 0 Å². The summed E-state index contributed by atoms with van der Waals surface area (Å²) < 4.78 is 10.3. The molecule has 0 aromatic rings. The van der Waals surface area contributed by atoms with Crippen LogP contribution in [0.1, 0.15) is 84.5 Å². The summed E-state index contributed by atoms with van der Waals surface area (Å²) in [5.41, 5.74) is 0. The summed E-state index contributed by atoms with van der Waals surface area (Å²) in [6.45, 7) is 4.43. The van der Waals surface area contributed by atoms with Gasteiger partial charge in [0.25, 0.3) is 0 Å². The van der Waals surface area contributed by atoms with Crippen LogP contribution in [0.5, 0.6) is 0 Å². The third-order valence-corrected chi connectivity index (χ3v) is 4.18. The summed E-state index contributed by atoms with van der Waals surface area (Å²) in [7, 11) is 0. The van der Waals surface area contributed by atoms with Crippen molar-refractivity contribution in [2.24, 2.45) is 0 Å². The molecule has 0 aromatic heterocycles. The van der Waals surface area contributed by atoms with E-state index in [4.69, 9.17) is 21.1 Å². The summed E-state index contributed by atoms with van der Waals surface area (Å²) in [6.07, 6.45) is 14.1. The molecule has 0 spiro atoms. The fourth-order valence-corrected chi connectivity index (χ4v) is 2.60. The predicted molar refractivity (Wildman–Crippen MR) is 103 cm³/mol. The van der Waals surface area contributed by atoms with Crippen molar-refractivity contribution in [3.05, 3.63) is 12.2 Å². The molecule has 0 saturated carbocycles. The van der Waals surface area contributed by atoms with Crippen molar-refractivity contribution in [1.29, 1.82) is 0 Å². The topological polar surface area (TPSA) is 52.6 Å². The molecule has 5 heteroatoms. The van der Waals surface area contributed by atoms with Crippen molar-refractivity contribution in [2.45, 2.75) is 90.6 Å². The zero-order valence-electron chi connectivity index (χ0n) is 15.9. The largest absolute Gasteiger partial charge is 0.463 e. The molecular formula is C20H35ClO4.